The van der Waals surface area contributed by atoms with Gasteiger partial charge in [0.1, 0.15) is 5.84 Å². The van der Waals surface area contributed by atoms with E-state index in [0.29, 0.717) is 34.1 Å². The van der Waals surface area contributed by atoms with E-state index in [0.717, 1.165) is 0 Å². The maximum Gasteiger partial charge on any atom is 0.207 e. The maximum absolute atomic E-state index is 11.4. The predicted octanol–water partition coefficient (Wildman–Crippen LogP) is 3.16. The predicted molar refractivity (Wildman–Crippen MR) is 84.3 cm³/mol. The van der Waals surface area contributed by atoms with E-state index in [1.807, 2.05) is 37.3 Å². The summed E-state index contributed by atoms with van der Waals surface area (Å²) in [5.41, 5.74) is 0.469. The van der Waals surface area contributed by atoms with Crippen LogP contribution in [0.3, 0.4) is 0 Å². The van der Waals surface area contributed by atoms with Crippen LogP contribution in [0.1, 0.15) is 24.5 Å². The van der Waals surface area contributed by atoms with Gasteiger partial charge in [0.05, 0.1) is 5.69 Å². The fourth-order valence-corrected chi connectivity index (χ4v) is 2.78. The first kappa shape index (κ1) is 14.1. The topological polar surface area (TPSA) is 61.9 Å². The van der Waals surface area contributed by atoms with Crippen molar-refractivity contribution in [3.05, 3.63) is 64.7 Å². The molecular weight excluding hydrogens is 286 g/mol. The SMILES string of the molecule is CCC1=Nc2ccc(Cl)cc2C(O)(c2ccccc2)N1N. The molecule has 1 heterocycles. The number of aliphatic imine (C=N–C) groups is 1. The van der Waals surface area contributed by atoms with Crippen LogP contribution in [0.5, 0.6) is 0 Å². The first-order valence-corrected chi connectivity index (χ1v) is 7.15. The fourth-order valence-electron chi connectivity index (χ4n) is 2.61. The lowest BCUT2D eigenvalue weighted by Crippen LogP contribution is -2.55. The molecule has 0 radical (unpaired) electrons. The number of nitrogens with zero attached hydrogens (tertiary/aromatic N) is 2. The summed E-state index contributed by atoms with van der Waals surface area (Å²) in [5, 5.41) is 13.2. The number of nitrogens with two attached hydrogens (primary N) is 1. The minimum atomic E-state index is -1.48. The highest BCUT2D eigenvalue weighted by Crippen LogP contribution is 2.42. The summed E-state index contributed by atoms with van der Waals surface area (Å²) in [6.07, 6.45) is 0.619. The first-order valence-electron chi connectivity index (χ1n) is 6.77. The standard InChI is InChI=1S/C16H16ClN3O/c1-2-15-19-14-9-8-12(17)10-13(14)16(21,20(15)18)11-6-4-3-5-7-11/h3-10,21H,2,18H2,1H3. The third-order valence-corrected chi connectivity index (χ3v) is 3.94. The molecule has 0 bridgehead atoms. The van der Waals surface area contributed by atoms with Crippen LogP contribution in [0.4, 0.5) is 5.69 Å². The second-order valence-electron chi connectivity index (χ2n) is 4.95. The van der Waals surface area contributed by atoms with Gasteiger partial charge in [0.15, 0.2) is 0 Å². The molecule has 0 amide bonds. The minimum absolute atomic E-state index is 0.534. The van der Waals surface area contributed by atoms with E-state index in [4.69, 9.17) is 17.4 Å². The van der Waals surface area contributed by atoms with Gasteiger partial charge in [-0.25, -0.2) is 10.8 Å². The molecule has 0 spiro atoms. The molecule has 1 aliphatic rings. The van der Waals surface area contributed by atoms with Gasteiger partial charge >= 0.3 is 0 Å². The molecule has 1 aliphatic heterocycles. The van der Waals surface area contributed by atoms with Crippen LogP contribution < -0.4 is 5.84 Å². The molecule has 0 aromatic heterocycles. The highest BCUT2D eigenvalue weighted by molar-refractivity contribution is 6.30. The molecule has 0 fully saturated rings. The molecule has 5 heteroatoms. The van der Waals surface area contributed by atoms with Crippen molar-refractivity contribution in [2.75, 3.05) is 0 Å². The largest absolute Gasteiger partial charge is 0.362 e. The molecule has 0 saturated heterocycles. The van der Waals surface area contributed by atoms with Crippen molar-refractivity contribution in [1.29, 1.82) is 0 Å². The number of rotatable bonds is 2. The van der Waals surface area contributed by atoms with Gasteiger partial charge in [0.2, 0.25) is 5.72 Å². The summed E-state index contributed by atoms with van der Waals surface area (Å²) in [6.45, 7) is 1.95. The van der Waals surface area contributed by atoms with Crippen LogP contribution in [0.15, 0.2) is 53.5 Å². The highest BCUT2D eigenvalue weighted by Gasteiger charge is 2.43. The van der Waals surface area contributed by atoms with Gasteiger partial charge in [-0.05, 0) is 18.2 Å². The second-order valence-corrected chi connectivity index (χ2v) is 5.39. The molecule has 0 aliphatic carbocycles. The van der Waals surface area contributed by atoms with Crippen molar-refractivity contribution in [1.82, 2.24) is 5.01 Å². The third kappa shape index (κ3) is 2.12. The molecule has 0 saturated carbocycles. The Morgan fingerprint density at radius 1 is 1.24 bits per heavy atom. The molecule has 3 N–H and O–H groups in total. The average molecular weight is 302 g/mol. The van der Waals surface area contributed by atoms with Crippen LogP contribution >= 0.6 is 11.6 Å². The van der Waals surface area contributed by atoms with E-state index < -0.39 is 5.72 Å². The molecule has 1 unspecified atom stereocenters. The average Bonchev–Trinajstić information content (AvgIpc) is 2.52. The summed E-state index contributed by atoms with van der Waals surface area (Å²) in [4.78, 5) is 4.51. The van der Waals surface area contributed by atoms with Crippen LogP contribution in [0.25, 0.3) is 0 Å². The Labute approximate surface area is 128 Å². The Kier molecular flexibility index (Phi) is 3.45. The maximum atomic E-state index is 11.4. The number of aliphatic hydroxyl groups is 1. The van der Waals surface area contributed by atoms with Crippen LogP contribution in [-0.4, -0.2) is 16.0 Å². The Bertz CT molecular complexity index is 702. The lowest BCUT2D eigenvalue weighted by atomic mass is 9.90. The quantitative estimate of drug-likeness (QED) is 0.838. The number of fused-ring (bicyclic) bond motifs is 1. The molecular formula is C16H16ClN3O. The molecule has 2 aromatic carbocycles. The van der Waals surface area contributed by atoms with Gasteiger partial charge in [0.25, 0.3) is 0 Å². The van der Waals surface area contributed by atoms with E-state index in [2.05, 4.69) is 4.99 Å². The van der Waals surface area contributed by atoms with E-state index in [1.165, 1.54) is 5.01 Å². The first-order chi connectivity index (χ1) is 10.1. The molecule has 108 valence electrons. The summed E-state index contributed by atoms with van der Waals surface area (Å²) < 4.78 is 0. The summed E-state index contributed by atoms with van der Waals surface area (Å²) in [6, 6.07) is 14.6. The van der Waals surface area contributed by atoms with Crippen LogP contribution in [-0.2, 0) is 5.72 Å². The number of benzene rings is 2. The zero-order chi connectivity index (χ0) is 15.0. The van der Waals surface area contributed by atoms with Gasteiger partial charge in [-0.2, -0.15) is 0 Å². The molecule has 1 atom stereocenters. The van der Waals surface area contributed by atoms with Crippen molar-refractivity contribution in [3.63, 3.8) is 0 Å². The highest BCUT2D eigenvalue weighted by atomic mass is 35.5. The molecule has 4 nitrogen and oxygen atoms in total. The van der Waals surface area contributed by atoms with Gasteiger partial charge < -0.3 is 5.11 Å². The van der Waals surface area contributed by atoms with E-state index >= 15 is 0 Å². The summed E-state index contributed by atoms with van der Waals surface area (Å²) in [5.74, 6) is 6.80. The Balaban J connectivity index is 2.29. The van der Waals surface area contributed by atoms with Crippen molar-refractivity contribution in [3.8, 4) is 0 Å². The lowest BCUT2D eigenvalue weighted by molar-refractivity contribution is -0.0419. The van der Waals surface area contributed by atoms with Crippen molar-refractivity contribution in [2.24, 2.45) is 10.8 Å². The van der Waals surface area contributed by atoms with Gasteiger partial charge in [-0.3, -0.25) is 5.01 Å². The molecule has 2 aromatic rings. The Hall–Kier alpha value is -1.88. The summed E-state index contributed by atoms with van der Waals surface area (Å²) in [7, 11) is 0. The van der Waals surface area contributed by atoms with Crippen molar-refractivity contribution in [2.45, 2.75) is 19.1 Å². The van der Waals surface area contributed by atoms with Gasteiger partial charge in [-0.15, -0.1) is 0 Å². The second kappa shape index (κ2) is 5.15. The van der Waals surface area contributed by atoms with E-state index in [9.17, 15) is 5.11 Å². The zero-order valence-electron chi connectivity index (χ0n) is 11.6. The number of halogens is 1. The number of hydrazine groups is 1. The molecule has 3 rings (SSSR count). The monoisotopic (exact) mass is 301 g/mol. The minimum Gasteiger partial charge on any atom is -0.362 e. The number of hydrogen-bond acceptors (Lipinski definition) is 4. The van der Waals surface area contributed by atoms with Gasteiger partial charge in [0, 0.05) is 22.6 Å². The fraction of sp³-hybridized carbons (Fsp3) is 0.188. The van der Waals surface area contributed by atoms with Crippen molar-refractivity contribution < 1.29 is 5.11 Å². The lowest BCUT2D eigenvalue weighted by Gasteiger charge is -2.42. The zero-order valence-corrected chi connectivity index (χ0v) is 12.4. The van der Waals surface area contributed by atoms with Crippen molar-refractivity contribution >= 4 is 23.1 Å². The van der Waals surface area contributed by atoms with Crippen LogP contribution in [0.2, 0.25) is 5.02 Å². The normalized spacial score (nSPS) is 21.0. The molecule has 21 heavy (non-hydrogen) atoms. The van der Waals surface area contributed by atoms with E-state index in [-0.39, 0.29) is 0 Å². The van der Waals surface area contributed by atoms with Gasteiger partial charge in [-0.1, -0.05) is 48.9 Å². The number of hydrogen-bond donors (Lipinski definition) is 2. The third-order valence-electron chi connectivity index (χ3n) is 3.70. The Morgan fingerprint density at radius 2 is 1.95 bits per heavy atom. The van der Waals surface area contributed by atoms with Crippen LogP contribution in [0, 0.1) is 0 Å². The summed E-state index contributed by atoms with van der Waals surface area (Å²) >= 11 is 6.09. The Morgan fingerprint density at radius 3 is 2.62 bits per heavy atom. The smallest absolute Gasteiger partial charge is 0.207 e. The number of amidine groups is 1. The van der Waals surface area contributed by atoms with E-state index in [1.54, 1.807) is 18.2 Å².